The van der Waals surface area contributed by atoms with Gasteiger partial charge in [-0.15, -0.1) is 0 Å². The van der Waals surface area contributed by atoms with Crippen LogP contribution in [0.3, 0.4) is 0 Å². The highest BCUT2D eigenvalue weighted by atomic mass is 16.2. The Hall–Kier alpha value is -1.94. The van der Waals surface area contributed by atoms with E-state index in [1.165, 1.54) is 0 Å². The number of nitrogens with zero attached hydrogens (tertiary/aromatic N) is 1. The zero-order chi connectivity index (χ0) is 14.6. The zero-order valence-electron chi connectivity index (χ0n) is 11.9. The summed E-state index contributed by atoms with van der Waals surface area (Å²) in [6.45, 7) is 10.8. The lowest BCUT2D eigenvalue weighted by molar-refractivity contribution is -0.128. The van der Waals surface area contributed by atoms with Gasteiger partial charge in [-0.1, -0.05) is 24.8 Å². The smallest absolute Gasteiger partial charge is 0.268 e. The molecule has 19 heavy (non-hydrogen) atoms. The molecule has 0 heterocycles. The predicted octanol–water partition coefficient (Wildman–Crippen LogP) is 2.53. The van der Waals surface area contributed by atoms with E-state index in [-0.39, 0.29) is 5.91 Å². The van der Waals surface area contributed by atoms with Gasteiger partial charge in [0.2, 0.25) is 0 Å². The van der Waals surface area contributed by atoms with Gasteiger partial charge in [0.25, 0.3) is 11.8 Å². The predicted molar refractivity (Wildman–Crippen MR) is 75.3 cm³/mol. The average Bonchev–Trinajstić information content (AvgIpc) is 2.34. The van der Waals surface area contributed by atoms with E-state index in [0.717, 1.165) is 5.01 Å². The fourth-order valence-electron chi connectivity index (χ4n) is 1.43. The van der Waals surface area contributed by atoms with Crippen LogP contribution < -0.4 is 5.43 Å². The average molecular weight is 260 g/mol. The molecule has 0 bridgehead atoms. The van der Waals surface area contributed by atoms with Crippen molar-refractivity contribution < 1.29 is 9.59 Å². The zero-order valence-corrected chi connectivity index (χ0v) is 11.9. The highest BCUT2D eigenvalue weighted by Crippen LogP contribution is 2.10. The Labute approximate surface area is 114 Å². The minimum atomic E-state index is -0.427. The van der Waals surface area contributed by atoms with Crippen LogP contribution in [0.4, 0.5) is 0 Å². The molecule has 4 nitrogen and oxygen atoms in total. The Balaban J connectivity index is 3.07. The molecule has 2 amide bonds. The lowest BCUT2D eigenvalue weighted by atomic mass is 10.1. The summed E-state index contributed by atoms with van der Waals surface area (Å²) < 4.78 is 0. The Morgan fingerprint density at radius 1 is 1.16 bits per heavy atom. The van der Waals surface area contributed by atoms with Crippen LogP contribution in [0.25, 0.3) is 0 Å². The second-order valence-electron chi connectivity index (χ2n) is 5.45. The van der Waals surface area contributed by atoms with Crippen molar-refractivity contribution >= 4 is 11.8 Å². The van der Waals surface area contributed by atoms with E-state index < -0.39 is 11.4 Å². The summed E-state index contributed by atoms with van der Waals surface area (Å²) in [4.78, 5) is 24.4. The number of nitrogens with one attached hydrogen (secondary N) is 1. The molecule has 0 unspecified atom stereocenters. The molecule has 0 saturated heterocycles. The third kappa shape index (κ3) is 4.34. The molecule has 0 saturated carbocycles. The van der Waals surface area contributed by atoms with Crippen LogP contribution in [0, 0.1) is 0 Å². The lowest BCUT2D eigenvalue weighted by Crippen LogP contribution is -2.55. The van der Waals surface area contributed by atoms with Crippen molar-refractivity contribution in [3.05, 3.63) is 48.0 Å². The fourth-order valence-corrected chi connectivity index (χ4v) is 1.43. The quantitative estimate of drug-likeness (QED) is 0.671. The van der Waals surface area contributed by atoms with Crippen LogP contribution in [0.2, 0.25) is 0 Å². The van der Waals surface area contributed by atoms with Gasteiger partial charge in [0.1, 0.15) is 0 Å². The van der Waals surface area contributed by atoms with Crippen LogP contribution >= 0.6 is 0 Å². The summed E-state index contributed by atoms with van der Waals surface area (Å²) in [5, 5.41) is 1.03. The molecule has 0 radical (unpaired) electrons. The molecule has 4 heteroatoms. The van der Waals surface area contributed by atoms with E-state index in [1.54, 1.807) is 31.2 Å². The molecule has 0 atom stereocenters. The summed E-state index contributed by atoms with van der Waals surface area (Å²) >= 11 is 0. The van der Waals surface area contributed by atoms with Gasteiger partial charge in [-0.05, 0) is 39.8 Å². The summed E-state index contributed by atoms with van der Waals surface area (Å²) in [6.07, 6.45) is 0. The molecular formula is C15H20N2O2. The monoisotopic (exact) mass is 260 g/mol. The number of amides is 2. The maximum Gasteiger partial charge on any atom is 0.275 e. The Kier molecular flexibility index (Phi) is 4.62. The van der Waals surface area contributed by atoms with Crippen LogP contribution in [0.15, 0.2) is 42.5 Å². The number of carbonyl (C=O) groups excluding carboxylic acids is 2. The van der Waals surface area contributed by atoms with Crippen LogP contribution in [-0.2, 0) is 4.79 Å². The van der Waals surface area contributed by atoms with Gasteiger partial charge in [0.05, 0.1) is 0 Å². The van der Waals surface area contributed by atoms with Crippen molar-refractivity contribution in [3.63, 3.8) is 0 Å². The molecule has 1 aromatic rings. The molecular weight excluding hydrogens is 240 g/mol. The second-order valence-corrected chi connectivity index (χ2v) is 5.45. The maximum atomic E-state index is 12.4. The number of hydrazine groups is 1. The number of rotatable bonds is 3. The van der Waals surface area contributed by atoms with Gasteiger partial charge in [-0.25, -0.2) is 10.4 Å². The summed E-state index contributed by atoms with van der Waals surface area (Å²) in [7, 11) is 0. The van der Waals surface area contributed by atoms with Crippen molar-refractivity contribution in [1.82, 2.24) is 10.4 Å². The van der Waals surface area contributed by atoms with Crippen LogP contribution in [0.1, 0.15) is 38.1 Å². The Morgan fingerprint density at radius 2 is 1.68 bits per heavy atom. The maximum absolute atomic E-state index is 12.4. The normalized spacial score (nSPS) is 10.9. The van der Waals surface area contributed by atoms with Gasteiger partial charge >= 0.3 is 0 Å². The van der Waals surface area contributed by atoms with Crippen LogP contribution in [0.5, 0.6) is 0 Å². The second kappa shape index (κ2) is 5.80. The Bertz CT molecular complexity index is 487. The molecule has 1 rings (SSSR count). The number of imide groups is 1. The molecule has 0 spiro atoms. The van der Waals surface area contributed by atoms with Crippen molar-refractivity contribution in [2.45, 2.75) is 33.2 Å². The molecule has 0 aliphatic carbocycles. The molecule has 1 aromatic carbocycles. The van der Waals surface area contributed by atoms with Crippen LogP contribution in [-0.4, -0.2) is 22.4 Å². The number of carbonyl (C=O) groups is 2. The van der Waals surface area contributed by atoms with E-state index in [4.69, 9.17) is 0 Å². The van der Waals surface area contributed by atoms with Crippen molar-refractivity contribution in [3.8, 4) is 0 Å². The third-order valence-corrected chi connectivity index (χ3v) is 2.24. The van der Waals surface area contributed by atoms with E-state index >= 15 is 0 Å². The third-order valence-electron chi connectivity index (χ3n) is 2.24. The fraction of sp³-hybridized carbons (Fsp3) is 0.333. The lowest BCUT2D eigenvalue weighted by Gasteiger charge is -2.30. The van der Waals surface area contributed by atoms with Gasteiger partial charge in [-0.2, -0.15) is 0 Å². The number of hydrogen-bond donors (Lipinski definition) is 1. The topological polar surface area (TPSA) is 49.4 Å². The van der Waals surface area contributed by atoms with Gasteiger partial charge < -0.3 is 0 Å². The summed E-state index contributed by atoms with van der Waals surface area (Å²) in [5.74, 6) is -0.813. The van der Waals surface area contributed by atoms with Gasteiger partial charge in [0, 0.05) is 16.7 Å². The van der Waals surface area contributed by atoms with Crippen molar-refractivity contribution in [2.24, 2.45) is 0 Å². The molecule has 0 fully saturated rings. The first kappa shape index (κ1) is 15.1. The van der Waals surface area contributed by atoms with E-state index in [2.05, 4.69) is 12.0 Å². The largest absolute Gasteiger partial charge is 0.275 e. The molecule has 1 N–H and O–H groups in total. The van der Waals surface area contributed by atoms with Gasteiger partial charge in [-0.3, -0.25) is 9.59 Å². The number of hydrogen-bond acceptors (Lipinski definition) is 3. The summed E-state index contributed by atoms with van der Waals surface area (Å²) in [5.41, 5.74) is 3.26. The molecule has 0 aromatic heterocycles. The van der Waals surface area contributed by atoms with E-state index in [1.807, 2.05) is 26.8 Å². The minimum absolute atomic E-state index is 0.307. The first-order chi connectivity index (χ1) is 8.72. The molecule has 0 aliphatic rings. The molecule has 102 valence electrons. The highest BCUT2D eigenvalue weighted by Gasteiger charge is 2.27. The van der Waals surface area contributed by atoms with E-state index in [0.29, 0.717) is 11.1 Å². The SMILES string of the molecule is C=C(C)C(=O)N(NC(C)(C)C)C(=O)c1ccccc1. The first-order valence-electron chi connectivity index (χ1n) is 6.09. The molecule has 0 aliphatic heterocycles. The standard InChI is InChI=1S/C15H20N2O2/c1-11(2)13(18)17(16-15(3,4)5)14(19)12-9-7-6-8-10-12/h6-10,16H,1H2,2-5H3. The van der Waals surface area contributed by atoms with Crippen molar-refractivity contribution in [1.29, 1.82) is 0 Å². The highest BCUT2D eigenvalue weighted by molar-refractivity contribution is 6.09. The first-order valence-corrected chi connectivity index (χ1v) is 6.09. The summed E-state index contributed by atoms with van der Waals surface area (Å²) in [6, 6.07) is 8.68. The Morgan fingerprint density at radius 3 is 2.11 bits per heavy atom. The van der Waals surface area contributed by atoms with E-state index in [9.17, 15) is 9.59 Å². The number of benzene rings is 1. The minimum Gasteiger partial charge on any atom is -0.268 e. The van der Waals surface area contributed by atoms with Crippen molar-refractivity contribution in [2.75, 3.05) is 0 Å². The van der Waals surface area contributed by atoms with Gasteiger partial charge in [0.15, 0.2) is 0 Å².